The fraction of sp³-hybridized carbons (Fsp3) is 0.385. The minimum Gasteiger partial charge on any atom is -0.481 e. The zero-order valence-electron chi connectivity index (χ0n) is 10.7. The molecule has 0 amide bonds. The van der Waals surface area contributed by atoms with Gasteiger partial charge in [0.05, 0.1) is 5.52 Å². The largest absolute Gasteiger partial charge is 0.481 e. The number of hydrogen-bond acceptors (Lipinski definition) is 5. The lowest BCUT2D eigenvalue weighted by Gasteiger charge is -2.10. The molecule has 0 radical (unpaired) electrons. The lowest BCUT2D eigenvalue weighted by Crippen LogP contribution is -2.14. The molecule has 2 aromatic rings. The van der Waals surface area contributed by atoms with E-state index in [-0.39, 0.29) is 12.3 Å². The molecule has 0 aliphatic heterocycles. The predicted octanol–water partition coefficient (Wildman–Crippen LogP) is 1.94. The van der Waals surface area contributed by atoms with E-state index in [1.165, 1.54) is 0 Å². The van der Waals surface area contributed by atoms with E-state index in [9.17, 15) is 4.79 Å². The summed E-state index contributed by atoms with van der Waals surface area (Å²) in [5, 5.41) is 19.7. The van der Waals surface area contributed by atoms with Crippen LogP contribution in [0.1, 0.15) is 19.8 Å². The van der Waals surface area contributed by atoms with Gasteiger partial charge >= 0.3 is 5.97 Å². The van der Waals surface area contributed by atoms with Gasteiger partial charge in [0.2, 0.25) is 5.95 Å². The number of para-hydroxylation sites is 1. The van der Waals surface area contributed by atoms with Crippen molar-refractivity contribution in [1.29, 1.82) is 0 Å². The van der Waals surface area contributed by atoms with Gasteiger partial charge in [-0.25, -0.2) is 4.98 Å². The van der Waals surface area contributed by atoms with E-state index < -0.39 is 5.97 Å². The molecule has 100 valence electrons. The average Bonchev–Trinajstić information content (AvgIpc) is 2.42. The molecule has 0 saturated heterocycles. The number of carbonyl (C=O) groups is 1. The van der Waals surface area contributed by atoms with E-state index in [0.29, 0.717) is 18.9 Å². The van der Waals surface area contributed by atoms with Crippen molar-refractivity contribution < 1.29 is 9.90 Å². The van der Waals surface area contributed by atoms with Crippen LogP contribution in [0.15, 0.2) is 24.3 Å². The van der Waals surface area contributed by atoms with E-state index in [2.05, 4.69) is 20.5 Å². The highest BCUT2D eigenvalue weighted by atomic mass is 16.4. The third kappa shape index (κ3) is 3.87. The Bertz CT molecular complexity index is 573. The number of fused-ring (bicyclic) bond motifs is 1. The predicted molar refractivity (Wildman–Crippen MR) is 71.9 cm³/mol. The van der Waals surface area contributed by atoms with Crippen LogP contribution in [0.3, 0.4) is 0 Å². The molecule has 19 heavy (non-hydrogen) atoms. The molecule has 1 aromatic carbocycles. The summed E-state index contributed by atoms with van der Waals surface area (Å²) < 4.78 is 0. The van der Waals surface area contributed by atoms with Crippen molar-refractivity contribution in [3.63, 3.8) is 0 Å². The molecular weight excluding hydrogens is 244 g/mol. The van der Waals surface area contributed by atoms with Crippen LogP contribution in [0.5, 0.6) is 0 Å². The number of carboxylic acids is 1. The quantitative estimate of drug-likeness (QED) is 0.825. The van der Waals surface area contributed by atoms with Gasteiger partial charge in [-0.05, 0) is 24.5 Å². The highest BCUT2D eigenvalue weighted by Crippen LogP contribution is 2.10. The van der Waals surface area contributed by atoms with Gasteiger partial charge in [-0.3, -0.25) is 4.79 Å². The summed E-state index contributed by atoms with van der Waals surface area (Å²) in [4.78, 5) is 14.8. The first kappa shape index (κ1) is 13.2. The number of rotatable bonds is 6. The third-order valence-electron chi connectivity index (χ3n) is 2.82. The van der Waals surface area contributed by atoms with Crippen molar-refractivity contribution in [2.45, 2.75) is 19.8 Å². The number of anilines is 1. The number of aromatic nitrogens is 3. The number of carboxylic acid groups (broad SMARTS) is 1. The Morgan fingerprint density at radius 3 is 2.79 bits per heavy atom. The molecule has 0 aliphatic carbocycles. The zero-order chi connectivity index (χ0) is 13.7. The van der Waals surface area contributed by atoms with Gasteiger partial charge in [-0.1, -0.05) is 19.1 Å². The normalized spacial score (nSPS) is 12.3. The molecule has 0 aliphatic rings. The second-order valence-corrected chi connectivity index (χ2v) is 4.54. The Kier molecular flexibility index (Phi) is 4.22. The molecule has 0 bridgehead atoms. The Morgan fingerprint density at radius 1 is 1.32 bits per heavy atom. The molecule has 6 heteroatoms. The van der Waals surface area contributed by atoms with Crippen molar-refractivity contribution >= 4 is 23.0 Å². The van der Waals surface area contributed by atoms with Crippen LogP contribution in [0.4, 0.5) is 5.95 Å². The van der Waals surface area contributed by atoms with Gasteiger partial charge in [0.15, 0.2) is 0 Å². The van der Waals surface area contributed by atoms with Crippen LogP contribution in [-0.2, 0) is 4.79 Å². The molecular formula is C13H16N4O2. The summed E-state index contributed by atoms with van der Waals surface area (Å²) in [6, 6.07) is 7.52. The summed E-state index contributed by atoms with van der Waals surface area (Å²) in [5.74, 6) is -0.0532. The van der Waals surface area contributed by atoms with Crippen molar-refractivity contribution in [1.82, 2.24) is 15.2 Å². The van der Waals surface area contributed by atoms with Gasteiger partial charge in [-0.2, -0.15) is 0 Å². The number of aliphatic carboxylic acids is 1. The van der Waals surface area contributed by atoms with Crippen molar-refractivity contribution in [2.75, 3.05) is 11.9 Å². The molecule has 2 N–H and O–H groups in total. The molecule has 1 heterocycles. The maximum Gasteiger partial charge on any atom is 0.303 e. The molecule has 0 spiro atoms. The summed E-state index contributed by atoms with van der Waals surface area (Å²) in [7, 11) is 0. The number of hydrogen-bond donors (Lipinski definition) is 2. The van der Waals surface area contributed by atoms with Crippen LogP contribution in [-0.4, -0.2) is 32.8 Å². The molecule has 1 unspecified atom stereocenters. The Labute approximate surface area is 110 Å². The second-order valence-electron chi connectivity index (χ2n) is 4.54. The fourth-order valence-corrected chi connectivity index (χ4v) is 1.69. The van der Waals surface area contributed by atoms with Crippen molar-refractivity contribution in [2.24, 2.45) is 5.92 Å². The Balaban J connectivity index is 1.92. The topological polar surface area (TPSA) is 88.0 Å². The molecule has 6 nitrogen and oxygen atoms in total. The zero-order valence-corrected chi connectivity index (χ0v) is 10.7. The number of nitrogens with zero attached hydrogens (tertiary/aromatic N) is 3. The molecule has 1 aromatic heterocycles. The van der Waals surface area contributed by atoms with Crippen LogP contribution >= 0.6 is 0 Å². The monoisotopic (exact) mass is 260 g/mol. The average molecular weight is 260 g/mol. The molecule has 0 saturated carbocycles. The van der Waals surface area contributed by atoms with Gasteiger partial charge in [0, 0.05) is 13.0 Å². The Morgan fingerprint density at radius 2 is 2.05 bits per heavy atom. The Hall–Kier alpha value is -2.24. The van der Waals surface area contributed by atoms with Crippen molar-refractivity contribution in [3.8, 4) is 0 Å². The first-order valence-corrected chi connectivity index (χ1v) is 6.20. The second kappa shape index (κ2) is 6.08. The van der Waals surface area contributed by atoms with Crippen LogP contribution in [0, 0.1) is 5.92 Å². The summed E-state index contributed by atoms with van der Waals surface area (Å²) in [5.41, 5.74) is 1.55. The van der Waals surface area contributed by atoms with E-state index in [0.717, 1.165) is 11.0 Å². The van der Waals surface area contributed by atoms with E-state index in [1.54, 1.807) is 0 Å². The molecule has 2 rings (SSSR count). The van der Waals surface area contributed by atoms with E-state index in [4.69, 9.17) is 5.11 Å². The maximum atomic E-state index is 10.5. The smallest absolute Gasteiger partial charge is 0.303 e. The first-order valence-electron chi connectivity index (χ1n) is 6.20. The fourth-order valence-electron chi connectivity index (χ4n) is 1.69. The highest BCUT2D eigenvalue weighted by Gasteiger charge is 2.07. The number of benzene rings is 1. The molecule has 1 atom stereocenters. The van der Waals surface area contributed by atoms with E-state index in [1.807, 2.05) is 31.2 Å². The van der Waals surface area contributed by atoms with Crippen LogP contribution in [0.25, 0.3) is 11.0 Å². The van der Waals surface area contributed by atoms with E-state index >= 15 is 0 Å². The van der Waals surface area contributed by atoms with Crippen LogP contribution in [0.2, 0.25) is 0 Å². The van der Waals surface area contributed by atoms with Gasteiger partial charge in [-0.15, -0.1) is 10.2 Å². The van der Waals surface area contributed by atoms with Crippen molar-refractivity contribution in [3.05, 3.63) is 24.3 Å². The lowest BCUT2D eigenvalue weighted by molar-refractivity contribution is -0.137. The minimum absolute atomic E-state index is 0.180. The van der Waals surface area contributed by atoms with Gasteiger partial charge < -0.3 is 10.4 Å². The SMILES string of the molecule is CC(CCC(=O)O)CNc1nnc2ccccc2n1. The standard InChI is InChI=1S/C13H16N4O2/c1-9(6-7-12(18)19)8-14-13-15-10-4-2-3-5-11(10)16-17-13/h2-5,9H,6-8H2,1H3,(H,18,19)(H,14,15,17). The molecule has 0 fully saturated rings. The maximum absolute atomic E-state index is 10.5. The number of nitrogens with one attached hydrogen (secondary N) is 1. The summed E-state index contributed by atoms with van der Waals surface area (Å²) >= 11 is 0. The summed E-state index contributed by atoms with van der Waals surface area (Å²) in [6.07, 6.45) is 0.809. The third-order valence-corrected chi connectivity index (χ3v) is 2.82. The van der Waals surface area contributed by atoms with Crippen LogP contribution < -0.4 is 5.32 Å². The summed E-state index contributed by atoms with van der Waals surface area (Å²) in [6.45, 7) is 2.62. The lowest BCUT2D eigenvalue weighted by atomic mass is 10.1. The van der Waals surface area contributed by atoms with Gasteiger partial charge in [0.1, 0.15) is 5.52 Å². The minimum atomic E-state index is -0.768. The first-order chi connectivity index (χ1) is 9.15. The highest BCUT2D eigenvalue weighted by molar-refractivity contribution is 5.74. The van der Waals surface area contributed by atoms with Gasteiger partial charge in [0.25, 0.3) is 0 Å².